The van der Waals surface area contributed by atoms with Crippen molar-refractivity contribution in [3.63, 3.8) is 0 Å². The zero-order valence-electron chi connectivity index (χ0n) is 15.3. The summed E-state index contributed by atoms with van der Waals surface area (Å²) in [5.41, 5.74) is 5.80. The number of likely N-dealkylation sites (tertiary alicyclic amines) is 1. The molecule has 26 heavy (non-hydrogen) atoms. The van der Waals surface area contributed by atoms with Crippen LogP contribution in [0.25, 0.3) is 0 Å². The number of hydrogen-bond donors (Lipinski definition) is 2. The van der Waals surface area contributed by atoms with Gasteiger partial charge in [0, 0.05) is 24.6 Å². The van der Waals surface area contributed by atoms with Crippen molar-refractivity contribution in [2.75, 3.05) is 20.2 Å². The Morgan fingerprint density at radius 1 is 1.27 bits per heavy atom. The molecule has 1 fully saturated rings. The van der Waals surface area contributed by atoms with Gasteiger partial charge < -0.3 is 9.64 Å². The Morgan fingerprint density at radius 2 is 2.08 bits per heavy atom. The highest BCUT2D eigenvalue weighted by molar-refractivity contribution is 6.00. The first-order valence-electron chi connectivity index (χ1n) is 8.94. The fourth-order valence-corrected chi connectivity index (χ4v) is 3.22. The van der Waals surface area contributed by atoms with Crippen molar-refractivity contribution in [1.29, 1.82) is 0 Å². The topological polar surface area (TPSA) is 68.0 Å². The molecule has 0 atom stereocenters. The van der Waals surface area contributed by atoms with Crippen LogP contribution in [-0.2, 0) is 6.54 Å². The van der Waals surface area contributed by atoms with Crippen LogP contribution in [0.15, 0.2) is 47.7 Å². The Bertz CT molecular complexity index is 784. The first-order chi connectivity index (χ1) is 12.7. The van der Waals surface area contributed by atoms with Gasteiger partial charge in [0.1, 0.15) is 18.0 Å². The van der Waals surface area contributed by atoms with Gasteiger partial charge in [0.15, 0.2) is 0 Å². The van der Waals surface area contributed by atoms with Crippen LogP contribution in [0, 0.1) is 0 Å². The molecule has 2 N–H and O–H groups in total. The molecule has 0 aliphatic carbocycles. The molecule has 1 saturated heterocycles. The van der Waals surface area contributed by atoms with E-state index in [9.17, 15) is 4.79 Å². The lowest BCUT2D eigenvalue weighted by atomic mass is 10.1. The van der Waals surface area contributed by atoms with E-state index in [1.165, 1.54) is 31.5 Å². The Labute approximate surface area is 153 Å². The molecule has 2 aromatic rings. The highest BCUT2D eigenvalue weighted by atomic mass is 16.5. The van der Waals surface area contributed by atoms with Gasteiger partial charge in [-0.1, -0.05) is 6.07 Å². The van der Waals surface area contributed by atoms with Gasteiger partial charge in [-0.2, -0.15) is 5.10 Å². The van der Waals surface area contributed by atoms with Crippen LogP contribution in [0.4, 0.5) is 0 Å². The molecule has 0 unspecified atom stereocenters. The van der Waals surface area contributed by atoms with Gasteiger partial charge in [-0.25, -0.2) is 5.43 Å². The molecule has 2 heterocycles. The summed E-state index contributed by atoms with van der Waals surface area (Å²) in [5.74, 6) is 0.582. The highest BCUT2D eigenvalue weighted by Gasteiger charge is 2.18. The van der Waals surface area contributed by atoms with Crippen molar-refractivity contribution in [3.8, 4) is 5.75 Å². The number of aromatic nitrogens is 1. The van der Waals surface area contributed by atoms with E-state index in [0.29, 0.717) is 5.69 Å². The molecule has 1 aromatic carbocycles. The maximum absolute atomic E-state index is 12.1. The van der Waals surface area contributed by atoms with E-state index < -0.39 is 0 Å². The van der Waals surface area contributed by atoms with E-state index in [4.69, 9.17) is 4.74 Å². The number of ether oxygens (including phenoxy) is 1. The summed E-state index contributed by atoms with van der Waals surface area (Å²) in [6.07, 6.45) is 4.16. The first kappa shape index (κ1) is 18.1. The standard InChI is InChI=1S/C20H24N4O2/c1-15(22-23-20(25)18-7-3-4-10-21-18)16-8-9-19(26-2)17(13-16)14-24-11-5-6-12-24/h3-4,7-10,13H,5-6,11-12,14H2,1-2H3,(H,23,25)/p+1/b22-15-. The number of carbonyl (C=O) groups is 1. The quantitative estimate of drug-likeness (QED) is 0.610. The van der Waals surface area contributed by atoms with Crippen molar-refractivity contribution in [3.05, 3.63) is 59.4 Å². The summed E-state index contributed by atoms with van der Waals surface area (Å²) in [6.45, 7) is 5.25. The van der Waals surface area contributed by atoms with Crippen LogP contribution >= 0.6 is 0 Å². The Hall–Kier alpha value is -2.73. The fraction of sp³-hybridized carbons (Fsp3) is 0.350. The SMILES string of the molecule is COc1ccc(/C(C)=N\NC(=O)c2ccccn2)cc1C[NH+]1CCCC1. The van der Waals surface area contributed by atoms with Gasteiger partial charge in [0.25, 0.3) is 5.91 Å². The molecule has 0 bridgehead atoms. The molecular weight excluding hydrogens is 328 g/mol. The normalized spacial score (nSPS) is 15.1. The number of amides is 1. The Kier molecular flexibility index (Phi) is 5.96. The third-order valence-electron chi connectivity index (χ3n) is 4.67. The van der Waals surface area contributed by atoms with E-state index in [2.05, 4.69) is 21.6 Å². The number of hydrazone groups is 1. The van der Waals surface area contributed by atoms with Crippen LogP contribution in [0.3, 0.4) is 0 Å². The van der Waals surface area contributed by atoms with E-state index >= 15 is 0 Å². The molecule has 136 valence electrons. The third kappa shape index (κ3) is 4.46. The van der Waals surface area contributed by atoms with Gasteiger partial charge >= 0.3 is 0 Å². The van der Waals surface area contributed by atoms with Gasteiger partial charge in [0.05, 0.1) is 25.9 Å². The summed E-state index contributed by atoms with van der Waals surface area (Å²) in [7, 11) is 1.70. The minimum Gasteiger partial charge on any atom is -0.496 e. The Balaban J connectivity index is 1.73. The van der Waals surface area contributed by atoms with Crippen molar-refractivity contribution >= 4 is 11.6 Å². The first-order valence-corrected chi connectivity index (χ1v) is 8.94. The second kappa shape index (κ2) is 8.58. The molecule has 0 radical (unpaired) electrons. The molecule has 6 heteroatoms. The van der Waals surface area contributed by atoms with E-state index in [1.54, 1.807) is 36.4 Å². The number of benzene rings is 1. The summed E-state index contributed by atoms with van der Waals surface area (Å²) in [4.78, 5) is 17.7. The summed E-state index contributed by atoms with van der Waals surface area (Å²) < 4.78 is 5.52. The van der Waals surface area contributed by atoms with Gasteiger partial charge in [-0.05, 0) is 42.8 Å². The molecular formula is C20H25N4O2+. The molecule has 1 aliphatic rings. The highest BCUT2D eigenvalue weighted by Crippen LogP contribution is 2.20. The predicted molar refractivity (Wildman–Crippen MR) is 101 cm³/mol. The van der Waals surface area contributed by atoms with E-state index in [0.717, 1.165) is 23.6 Å². The van der Waals surface area contributed by atoms with Crippen LogP contribution in [0.5, 0.6) is 5.75 Å². The molecule has 0 saturated carbocycles. The van der Waals surface area contributed by atoms with E-state index in [-0.39, 0.29) is 5.91 Å². The van der Waals surface area contributed by atoms with Crippen LogP contribution in [-0.4, -0.2) is 36.8 Å². The molecule has 0 spiro atoms. The number of hydrogen-bond acceptors (Lipinski definition) is 4. The number of rotatable bonds is 6. The molecule has 1 aromatic heterocycles. The number of quaternary nitrogens is 1. The van der Waals surface area contributed by atoms with Crippen LogP contribution in [0.2, 0.25) is 0 Å². The smallest absolute Gasteiger partial charge is 0.289 e. The number of nitrogens with zero attached hydrogens (tertiary/aromatic N) is 2. The number of carbonyl (C=O) groups excluding carboxylic acids is 1. The average molecular weight is 353 g/mol. The Morgan fingerprint density at radius 3 is 2.77 bits per heavy atom. The lowest BCUT2D eigenvalue weighted by Gasteiger charge is -2.15. The number of methoxy groups -OCH3 is 1. The maximum atomic E-state index is 12.1. The maximum Gasteiger partial charge on any atom is 0.289 e. The van der Waals surface area contributed by atoms with Crippen molar-refractivity contribution < 1.29 is 14.4 Å². The zero-order chi connectivity index (χ0) is 18.4. The van der Waals surface area contributed by atoms with Crippen molar-refractivity contribution in [1.82, 2.24) is 10.4 Å². The number of pyridine rings is 1. The molecule has 1 aliphatic heterocycles. The lowest BCUT2D eigenvalue weighted by Crippen LogP contribution is -3.08. The second-order valence-electron chi connectivity index (χ2n) is 6.51. The zero-order valence-corrected chi connectivity index (χ0v) is 15.3. The monoisotopic (exact) mass is 353 g/mol. The summed E-state index contributed by atoms with van der Waals surface area (Å²) in [6, 6.07) is 11.2. The molecule has 1 amide bonds. The minimum atomic E-state index is -0.319. The van der Waals surface area contributed by atoms with Gasteiger partial charge in [-0.3, -0.25) is 9.78 Å². The van der Waals surface area contributed by atoms with Gasteiger partial charge in [0.2, 0.25) is 0 Å². The van der Waals surface area contributed by atoms with Crippen LogP contribution < -0.4 is 15.1 Å². The van der Waals surface area contributed by atoms with Crippen molar-refractivity contribution in [2.45, 2.75) is 26.3 Å². The number of nitrogens with one attached hydrogen (secondary N) is 2. The second-order valence-corrected chi connectivity index (χ2v) is 6.51. The predicted octanol–water partition coefficient (Wildman–Crippen LogP) is 1.42. The average Bonchev–Trinajstić information content (AvgIpc) is 3.19. The fourth-order valence-electron chi connectivity index (χ4n) is 3.22. The molecule has 6 nitrogen and oxygen atoms in total. The van der Waals surface area contributed by atoms with Crippen molar-refractivity contribution in [2.24, 2.45) is 5.10 Å². The van der Waals surface area contributed by atoms with Crippen LogP contribution in [0.1, 0.15) is 41.4 Å². The summed E-state index contributed by atoms with van der Waals surface area (Å²) in [5, 5.41) is 4.23. The molecule has 3 rings (SSSR count). The third-order valence-corrected chi connectivity index (χ3v) is 4.67. The lowest BCUT2D eigenvalue weighted by molar-refractivity contribution is -0.901. The van der Waals surface area contributed by atoms with Gasteiger partial charge in [-0.15, -0.1) is 0 Å². The minimum absolute atomic E-state index is 0.319. The summed E-state index contributed by atoms with van der Waals surface area (Å²) >= 11 is 0. The largest absolute Gasteiger partial charge is 0.496 e. The van der Waals surface area contributed by atoms with E-state index in [1.807, 2.05) is 19.1 Å².